The first-order valence-electron chi connectivity index (χ1n) is 5.65. The highest BCUT2D eigenvalue weighted by molar-refractivity contribution is 7.88. The molecule has 0 spiro atoms. The van der Waals surface area contributed by atoms with Gasteiger partial charge >= 0.3 is 10.2 Å². The summed E-state index contributed by atoms with van der Waals surface area (Å²) >= 11 is 0. The Morgan fingerprint density at radius 2 is 2.33 bits per heavy atom. The molecular weight excluding hydrogens is 264 g/mol. The Balaban J connectivity index is 1.99. The number of amides is 1. The lowest BCUT2D eigenvalue weighted by Crippen LogP contribution is -2.64. The molecule has 0 aromatic carbocycles. The van der Waals surface area contributed by atoms with Crippen LogP contribution >= 0.6 is 0 Å². The number of carbonyl (C=O) groups is 1. The van der Waals surface area contributed by atoms with Crippen LogP contribution in [0, 0.1) is 0 Å². The van der Waals surface area contributed by atoms with Gasteiger partial charge in [0, 0.05) is 13.1 Å². The van der Waals surface area contributed by atoms with Crippen LogP contribution in [0.15, 0.2) is 0 Å². The third-order valence-electron chi connectivity index (χ3n) is 3.13. The molecule has 18 heavy (non-hydrogen) atoms. The SMILES string of the molecule is O=C1NS(=O)(=O)[N]C1(C1CCNO1)N1CCCO1. The summed E-state index contributed by atoms with van der Waals surface area (Å²) in [5, 5.41) is 1.31. The van der Waals surface area contributed by atoms with Crippen molar-refractivity contribution in [3.63, 3.8) is 0 Å². The number of hydrogen-bond donors (Lipinski definition) is 2. The Bertz CT molecular complexity index is 438. The first-order valence-corrected chi connectivity index (χ1v) is 7.09. The monoisotopic (exact) mass is 277 g/mol. The molecule has 0 saturated carbocycles. The second kappa shape index (κ2) is 4.11. The number of nitrogens with zero attached hydrogens (tertiary/aromatic N) is 2. The van der Waals surface area contributed by atoms with E-state index in [2.05, 4.69) is 10.2 Å². The van der Waals surface area contributed by atoms with Gasteiger partial charge in [-0.1, -0.05) is 4.72 Å². The molecule has 9 nitrogen and oxygen atoms in total. The van der Waals surface area contributed by atoms with Crippen molar-refractivity contribution in [2.24, 2.45) is 0 Å². The molecule has 3 aliphatic heterocycles. The summed E-state index contributed by atoms with van der Waals surface area (Å²) in [5.74, 6) is -0.724. The fraction of sp³-hybridized carbons (Fsp3) is 0.875. The van der Waals surface area contributed by atoms with Gasteiger partial charge in [-0.25, -0.2) is 10.2 Å². The van der Waals surface area contributed by atoms with E-state index in [1.54, 1.807) is 0 Å². The number of nitrogens with one attached hydrogen (secondary N) is 2. The molecule has 101 valence electrons. The normalized spacial score (nSPS) is 40.2. The van der Waals surface area contributed by atoms with Crippen LogP contribution in [-0.2, 0) is 24.7 Å². The van der Waals surface area contributed by atoms with Crippen molar-refractivity contribution < 1.29 is 22.9 Å². The number of hydrogen-bond acceptors (Lipinski definition) is 7. The third-order valence-corrected chi connectivity index (χ3v) is 4.09. The second-order valence-electron chi connectivity index (χ2n) is 4.30. The lowest BCUT2D eigenvalue weighted by molar-refractivity contribution is -0.221. The van der Waals surface area contributed by atoms with E-state index < -0.39 is 27.9 Å². The molecule has 2 atom stereocenters. The van der Waals surface area contributed by atoms with E-state index in [1.165, 1.54) is 5.06 Å². The molecule has 1 amide bonds. The summed E-state index contributed by atoms with van der Waals surface area (Å²) in [6, 6.07) is 0. The summed E-state index contributed by atoms with van der Waals surface area (Å²) in [5.41, 5.74) is 0.988. The fourth-order valence-corrected chi connectivity index (χ4v) is 3.46. The predicted molar refractivity (Wildman–Crippen MR) is 56.7 cm³/mol. The topological polar surface area (TPSA) is 111 Å². The maximum absolute atomic E-state index is 12.1. The number of rotatable bonds is 2. The Hall–Kier alpha value is -0.780. The molecule has 3 saturated heterocycles. The van der Waals surface area contributed by atoms with Crippen molar-refractivity contribution in [1.29, 1.82) is 0 Å². The Labute approximate surface area is 104 Å². The summed E-state index contributed by atoms with van der Waals surface area (Å²) < 4.78 is 28.5. The van der Waals surface area contributed by atoms with Crippen molar-refractivity contribution >= 4 is 16.1 Å². The van der Waals surface area contributed by atoms with Gasteiger partial charge in [0.1, 0.15) is 6.10 Å². The molecule has 0 aromatic rings. The van der Waals surface area contributed by atoms with Gasteiger partial charge in [0.05, 0.1) is 6.61 Å². The summed E-state index contributed by atoms with van der Waals surface area (Å²) in [4.78, 5) is 22.6. The molecule has 3 rings (SSSR count). The summed E-state index contributed by atoms with van der Waals surface area (Å²) in [6.45, 7) is 1.40. The van der Waals surface area contributed by atoms with Gasteiger partial charge < -0.3 is 0 Å². The zero-order chi connectivity index (χ0) is 12.8. The van der Waals surface area contributed by atoms with Crippen LogP contribution in [0.3, 0.4) is 0 Å². The Morgan fingerprint density at radius 1 is 1.50 bits per heavy atom. The van der Waals surface area contributed by atoms with Gasteiger partial charge in [-0.05, 0) is 12.8 Å². The number of hydroxylamine groups is 3. The first-order chi connectivity index (χ1) is 8.55. The molecule has 3 fully saturated rings. The van der Waals surface area contributed by atoms with Crippen LogP contribution < -0.4 is 14.9 Å². The molecule has 0 bridgehead atoms. The molecule has 10 heteroatoms. The van der Waals surface area contributed by atoms with Crippen molar-refractivity contribution in [2.45, 2.75) is 24.6 Å². The van der Waals surface area contributed by atoms with Crippen LogP contribution in [0.2, 0.25) is 0 Å². The quantitative estimate of drug-likeness (QED) is 0.578. The molecule has 3 heterocycles. The van der Waals surface area contributed by atoms with Gasteiger partial charge in [-0.2, -0.15) is 13.5 Å². The lowest BCUT2D eigenvalue weighted by Gasteiger charge is -2.35. The van der Waals surface area contributed by atoms with Crippen molar-refractivity contribution in [1.82, 2.24) is 20.0 Å². The maximum Gasteiger partial charge on any atom is 0.320 e. The van der Waals surface area contributed by atoms with Crippen molar-refractivity contribution in [3.05, 3.63) is 0 Å². The van der Waals surface area contributed by atoms with Gasteiger partial charge in [-0.15, -0.1) is 0 Å². The van der Waals surface area contributed by atoms with E-state index in [4.69, 9.17) is 9.68 Å². The Morgan fingerprint density at radius 3 is 2.83 bits per heavy atom. The minimum absolute atomic E-state index is 0.435. The minimum atomic E-state index is -3.98. The van der Waals surface area contributed by atoms with Crippen LogP contribution in [0.5, 0.6) is 0 Å². The van der Waals surface area contributed by atoms with Crippen LogP contribution in [0.4, 0.5) is 0 Å². The maximum atomic E-state index is 12.1. The minimum Gasteiger partial charge on any atom is -0.296 e. The molecule has 2 unspecified atom stereocenters. The third kappa shape index (κ3) is 1.73. The summed E-state index contributed by atoms with van der Waals surface area (Å²) in [6.07, 6.45) is 0.504. The van der Waals surface area contributed by atoms with Gasteiger partial charge in [0.15, 0.2) is 0 Å². The zero-order valence-electron chi connectivity index (χ0n) is 9.46. The molecule has 3 aliphatic rings. The zero-order valence-corrected chi connectivity index (χ0v) is 10.3. The van der Waals surface area contributed by atoms with Gasteiger partial charge in [0.25, 0.3) is 5.91 Å². The molecular formula is C8H13N4O5S. The predicted octanol–water partition coefficient (Wildman–Crippen LogP) is -2.41. The van der Waals surface area contributed by atoms with Crippen LogP contribution in [-0.4, -0.2) is 50.9 Å². The van der Waals surface area contributed by atoms with Gasteiger partial charge in [0.2, 0.25) is 5.66 Å². The Kier molecular flexibility index (Phi) is 2.80. The van der Waals surface area contributed by atoms with Crippen LogP contribution in [0.25, 0.3) is 0 Å². The molecule has 0 aliphatic carbocycles. The molecule has 1 radical (unpaired) electrons. The average molecular weight is 277 g/mol. The standard InChI is InChI=1S/C8H13N4O5S/c13-7-8(6-2-3-9-17-6,11-18(14,15)10-7)12-4-1-5-16-12/h6,9H,1-5H2,(H,10,13). The van der Waals surface area contributed by atoms with E-state index in [0.717, 1.165) is 0 Å². The van der Waals surface area contributed by atoms with E-state index in [9.17, 15) is 13.2 Å². The van der Waals surface area contributed by atoms with E-state index in [1.807, 2.05) is 4.72 Å². The molecule has 0 aromatic heterocycles. The smallest absolute Gasteiger partial charge is 0.296 e. The van der Waals surface area contributed by atoms with Gasteiger partial charge in [-0.3, -0.25) is 14.5 Å². The number of carbonyl (C=O) groups excluding carboxylic acids is 1. The van der Waals surface area contributed by atoms with Crippen molar-refractivity contribution in [3.8, 4) is 0 Å². The average Bonchev–Trinajstić information content (AvgIpc) is 2.99. The second-order valence-corrected chi connectivity index (χ2v) is 5.64. The fourth-order valence-electron chi connectivity index (χ4n) is 2.37. The van der Waals surface area contributed by atoms with E-state index in [-0.39, 0.29) is 0 Å². The summed E-state index contributed by atoms with van der Waals surface area (Å²) in [7, 11) is -3.98. The molecule has 2 N–H and O–H groups in total. The first kappa shape index (κ1) is 12.3. The highest BCUT2D eigenvalue weighted by atomic mass is 32.2. The lowest BCUT2D eigenvalue weighted by atomic mass is 10.0. The highest BCUT2D eigenvalue weighted by Gasteiger charge is 2.63. The van der Waals surface area contributed by atoms with Crippen molar-refractivity contribution in [2.75, 3.05) is 19.7 Å². The van der Waals surface area contributed by atoms with E-state index >= 15 is 0 Å². The largest absolute Gasteiger partial charge is 0.320 e. The van der Waals surface area contributed by atoms with Crippen LogP contribution in [0.1, 0.15) is 12.8 Å². The van der Waals surface area contributed by atoms with E-state index in [0.29, 0.717) is 32.5 Å². The highest BCUT2D eigenvalue weighted by Crippen LogP contribution is 2.32.